The van der Waals surface area contributed by atoms with Crippen LogP contribution < -0.4 is 11.1 Å². The van der Waals surface area contributed by atoms with Crippen molar-refractivity contribution in [3.8, 4) is 0 Å². The first-order valence-electron chi connectivity index (χ1n) is 10.5. The molecule has 0 bridgehead atoms. The van der Waals surface area contributed by atoms with Gasteiger partial charge in [0.05, 0.1) is 12.8 Å². The predicted molar refractivity (Wildman–Crippen MR) is 136 cm³/mol. The van der Waals surface area contributed by atoms with Crippen LogP contribution in [0.25, 0.3) is 0 Å². The summed E-state index contributed by atoms with van der Waals surface area (Å²) in [6.07, 6.45) is 1.41. The Morgan fingerprint density at radius 1 is 0.941 bits per heavy atom. The smallest absolute Gasteiger partial charge is 0.307 e. The van der Waals surface area contributed by atoms with Gasteiger partial charge in [-0.2, -0.15) is 0 Å². The summed E-state index contributed by atoms with van der Waals surface area (Å²) in [5, 5.41) is 24.2. The Hall–Kier alpha value is -3.11. The Bertz CT molecular complexity index is 728. The number of carboxylic acids is 1. The number of nitrogens with two attached hydrogens (primary N) is 1. The first kappa shape index (κ1) is 35.5. The first-order chi connectivity index (χ1) is 16.2. The highest BCUT2D eigenvalue weighted by molar-refractivity contribution is 5.78. The molecule has 2 rings (SSSR count). The van der Waals surface area contributed by atoms with Gasteiger partial charge in [-0.15, -0.1) is 0 Å². The van der Waals surface area contributed by atoms with Crippen LogP contribution in [0.1, 0.15) is 31.9 Å². The van der Waals surface area contributed by atoms with Crippen molar-refractivity contribution in [1.29, 1.82) is 5.41 Å². The zero-order chi connectivity index (χ0) is 26.8. The van der Waals surface area contributed by atoms with Gasteiger partial charge in [0.1, 0.15) is 12.5 Å². The number of methoxy groups -OCH3 is 2. The van der Waals surface area contributed by atoms with Gasteiger partial charge >= 0.3 is 5.97 Å². The van der Waals surface area contributed by atoms with Crippen LogP contribution in [0.2, 0.25) is 0 Å². The van der Waals surface area contributed by atoms with Crippen molar-refractivity contribution in [3.63, 3.8) is 0 Å². The molecule has 0 aromatic heterocycles. The molecule has 9 heteroatoms. The maximum absolute atomic E-state index is 11.4. The highest BCUT2D eigenvalue weighted by Gasteiger charge is 2.05. The lowest BCUT2D eigenvalue weighted by atomic mass is 10.1. The van der Waals surface area contributed by atoms with Crippen LogP contribution in [-0.2, 0) is 31.9 Å². The summed E-state index contributed by atoms with van der Waals surface area (Å²) in [7, 11) is 4.14. The van der Waals surface area contributed by atoms with Crippen LogP contribution in [0.5, 0.6) is 0 Å². The van der Waals surface area contributed by atoms with Gasteiger partial charge in [0.25, 0.3) is 0 Å². The molecule has 34 heavy (non-hydrogen) atoms. The number of rotatable bonds is 7. The molecule has 0 aliphatic rings. The molecule has 2 aromatic rings. The number of carbonyl (C=O) groups excluding carboxylic acids is 1. The van der Waals surface area contributed by atoms with Crippen molar-refractivity contribution in [3.05, 3.63) is 71.8 Å². The zero-order valence-corrected chi connectivity index (χ0v) is 21.0. The van der Waals surface area contributed by atoms with Crippen LogP contribution in [0.3, 0.4) is 0 Å². The van der Waals surface area contributed by atoms with Crippen LogP contribution >= 0.6 is 0 Å². The molecule has 1 amide bonds. The fourth-order valence-corrected chi connectivity index (χ4v) is 1.89. The first-order valence-corrected chi connectivity index (χ1v) is 10.5. The van der Waals surface area contributed by atoms with Gasteiger partial charge in [-0.1, -0.05) is 60.7 Å². The number of ether oxygens (including phenoxy) is 2. The van der Waals surface area contributed by atoms with E-state index >= 15 is 0 Å². The number of hydrogen-bond donors (Lipinski definition) is 5. The van der Waals surface area contributed by atoms with Crippen LogP contribution in [-0.4, -0.2) is 62.1 Å². The predicted octanol–water partition coefficient (Wildman–Crippen LogP) is 2.85. The van der Waals surface area contributed by atoms with E-state index in [2.05, 4.69) is 10.1 Å². The number of hydrogen-bond acceptors (Lipinski definition) is 7. The molecule has 6 N–H and O–H groups in total. The molecule has 9 nitrogen and oxygen atoms in total. The van der Waals surface area contributed by atoms with Crippen LogP contribution in [0.15, 0.2) is 60.7 Å². The molecule has 2 unspecified atom stereocenters. The number of aliphatic hydroxyl groups is 1. The third-order valence-electron chi connectivity index (χ3n) is 3.50. The van der Waals surface area contributed by atoms with E-state index in [1.807, 2.05) is 48.5 Å². The summed E-state index contributed by atoms with van der Waals surface area (Å²) in [4.78, 5) is 21.6. The summed E-state index contributed by atoms with van der Waals surface area (Å²) >= 11 is 0. The van der Waals surface area contributed by atoms with E-state index in [1.165, 1.54) is 6.21 Å². The van der Waals surface area contributed by atoms with Gasteiger partial charge in [-0.05, 0) is 38.1 Å². The van der Waals surface area contributed by atoms with E-state index in [-0.39, 0.29) is 24.8 Å². The van der Waals surface area contributed by atoms with Crippen molar-refractivity contribution in [2.24, 2.45) is 5.73 Å². The Balaban J connectivity index is -0.000000419. The molecule has 0 saturated heterocycles. The topological polar surface area (TPSA) is 155 Å². The minimum atomic E-state index is -0.786. The zero-order valence-electron chi connectivity index (χ0n) is 21.0. The van der Waals surface area contributed by atoms with Gasteiger partial charge < -0.3 is 36.1 Å². The van der Waals surface area contributed by atoms with E-state index in [0.29, 0.717) is 6.42 Å². The molecule has 0 aliphatic heterocycles. The third-order valence-corrected chi connectivity index (χ3v) is 3.50. The molecular weight excluding hydrogens is 438 g/mol. The standard InChI is InChI=1S/C11H15NO2.C8H8O2.C3H9NO.C2H5N.CH4O/c1-9(14-2)12-11(13)8-10-6-4-3-5-7-10;9-8(10)6-7-4-2-1-3-5-7;1-3(4)5-2;1-2-3;1-2/h3-7,9H,8H2,1-2H3,(H,12,13);1-5H,6H2,(H,9,10);3H,4H2,1-2H3;2-3H,1H3;2H,1H3. The number of amides is 1. The van der Waals surface area contributed by atoms with E-state index in [9.17, 15) is 9.59 Å². The molecule has 0 spiro atoms. The minimum absolute atomic E-state index is 0.0226. The molecule has 0 heterocycles. The van der Waals surface area contributed by atoms with E-state index < -0.39 is 5.97 Å². The summed E-state index contributed by atoms with van der Waals surface area (Å²) in [5.74, 6) is -0.809. The summed E-state index contributed by atoms with van der Waals surface area (Å²) in [5.41, 5.74) is 6.92. The largest absolute Gasteiger partial charge is 0.481 e. The minimum Gasteiger partial charge on any atom is -0.481 e. The Morgan fingerprint density at radius 3 is 1.59 bits per heavy atom. The SMILES string of the molecule is CC=N.CO.COC(C)N.COC(C)NC(=O)Cc1ccccc1.O=C(O)Cc1ccccc1. The van der Waals surface area contributed by atoms with Crippen LogP contribution in [0, 0.1) is 5.41 Å². The second-order valence-corrected chi connectivity index (χ2v) is 6.39. The van der Waals surface area contributed by atoms with Gasteiger partial charge in [0.15, 0.2) is 0 Å². The van der Waals surface area contributed by atoms with Crippen LogP contribution in [0.4, 0.5) is 0 Å². The Kier molecular flexibility index (Phi) is 27.3. The monoisotopic (exact) mass is 479 g/mol. The van der Waals surface area contributed by atoms with Crippen molar-refractivity contribution in [1.82, 2.24) is 5.32 Å². The summed E-state index contributed by atoms with van der Waals surface area (Å²) in [6, 6.07) is 18.8. The number of aliphatic carboxylic acids is 1. The van der Waals surface area contributed by atoms with Crippen molar-refractivity contribution >= 4 is 18.1 Å². The molecule has 0 fully saturated rings. The van der Waals surface area contributed by atoms with E-state index in [4.69, 9.17) is 26.1 Å². The number of benzene rings is 2. The van der Waals surface area contributed by atoms with Gasteiger partial charge in [0.2, 0.25) is 5.91 Å². The maximum Gasteiger partial charge on any atom is 0.307 e. The molecule has 0 radical (unpaired) electrons. The molecule has 0 saturated carbocycles. The third kappa shape index (κ3) is 26.9. The normalized spacial score (nSPS) is 10.5. The number of carboxylic acid groups (broad SMARTS) is 1. The average Bonchev–Trinajstić information content (AvgIpc) is 2.82. The lowest BCUT2D eigenvalue weighted by molar-refractivity contribution is -0.136. The fraction of sp³-hybridized carbons (Fsp3) is 0.400. The molecule has 2 aromatic carbocycles. The van der Waals surface area contributed by atoms with Gasteiger partial charge in [-0.3, -0.25) is 9.59 Å². The van der Waals surface area contributed by atoms with E-state index in [0.717, 1.165) is 18.2 Å². The fourth-order valence-electron chi connectivity index (χ4n) is 1.89. The number of nitrogens with one attached hydrogen (secondary N) is 2. The van der Waals surface area contributed by atoms with Crippen molar-refractivity contribution < 1.29 is 29.3 Å². The van der Waals surface area contributed by atoms with Gasteiger partial charge in [0, 0.05) is 21.3 Å². The molecule has 0 aliphatic carbocycles. The summed E-state index contributed by atoms with van der Waals surface area (Å²) < 4.78 is 9.45. The maximum atomic E-state index is 11.4. The van der Waals surface area contributed by atoms with E-state index in [1.54, 1.807) is 47.1 Å². The Morgan fingerprint density at radius 2 is 1.29 bits per heavy atom. The number of aliphatic hydroxyl groups excluding tert-OH is 1. The lowest BCUT2D eigenvalue weighted by Crippen LogP contribution is -2.34. The second kappa shape index (κ2) is 26.1. The highest BCUT2D eigenvalue weighted by Crippen LogP contribution is 1.99. The van der Waals surface area contributed by atoms with Crippen molar-refractivity contribution in [2.75, 3.05) is 21.3 Å². The molecular formula is C25H41N3O6. The number of carbonyl (C=O) groups is 2. The molecule has 192 valence electrons. The second-order valence-electron chi connectivity index (χ2n) is 6.39. The average molecular weight is 480 g/mol. The van der Waals surface area contributed by atoms with Crippen molar-refractivity contribution in [2.45, 2.75) is 46.1 Å². The quantitative estimate of drug-likeness (QED) is 0.302. The Labute approximate surface area is 203 Å². The van der Waals surface area contributed by atoms with Gasteiger partial charge in [-0.25, -0.2) is 0 Å². The lowest BCUT2D eigenvalue weighted by Gasteiger charge is -2.11. The molecule has 2 atom stereocenters. The highest BCUT2D eigenvalue weighted by atomic mass is 16.5. The summed E-state index contributed by atoms with van der Waals surface area (Å²) in [6.45, 7) is 5.24.